The molecule has 0 radical (unpaired) electrons. The molecule has 5 nitrogen and oxygen atoms in total. The number of nitrogens with zero attached hydrogens (tertiary/aromatic N) is 1. The molecule has 2 aliphatic rings. The maximum Gasteiger partial charge on any atom is 0.334 e. The smallest absolute Gasteiger partial charge is 0.334 e. The molecule has 5 heteroatoms. The third-order valence-corrected chi connectivity index (χ3v) is 4.46. The second-order valence-corrected chi connectivity index (χ2v) is 5.80. The van der Waals surface area contributed by atoms with Crippen LogP contribution in [0.15, 0.2) is 23.8 Å². The van der Waals surface area contributed by atoms with Gasteiger partial charge in [0.1, 0.15) is 6.10 Å². The zero-order valence-corrected chi connectivity index (χ0v) is 13.4. The average molecular weight is 303 g/mol. The third kappa shape index (κ3) is 2.35. The number of likely N-dealkylation sites (N-methyl/N-ethyl adjacent to an activating group) is 1. The van der Waals surface area contributed by atoms with E-state index in [0.29, 0.717) is 11.3 Å². The summed E-state index contributed by atoms with van der Waals surface area (Å²) in [7, 11) is 5.33. The number of fused-ring (bicyclic) bond motifs is 1. The zero-order valence-electron chi connectivity index (χ0n) is 13.4. The molecule has 1 aromatic carbocycles. The van der Waals surface area contributed by atoms with Crippen LogP contribution >= 0.6 is 0 Å². The Balaban J connectivity index is 2.05. The highest BCUT2D eigenvalue weighted by molar-refractivity contribution is 5.90. The summed E-state index contributed by atoms with van der Waals surface area (Å²) < 4.78 is 16.3. The summed E-state index contributed by atoms with van der Waals surface area (Å²) in [6, 6.07) is 4.04. The maximum atomic E-state index is 11.7. The van der Waals surface area contributed by atoms with Crippen molar-refractivity contribution in [2.45, 2.75) is 25.5 Å². The van der Waals surface area contributed by atoms with Crippen LogP contribution < -0.4 is 9.47 Å². The van der Waals surface area contributed by atoms with Crippen LogP contribution in [0, 0.1) is 0 Å². The van der Waals surface area contributed by atoms with Crippen molar-refractivity contribution in [2.24, 2.45) is 0 Å². The van der Waals surface area contributed by atoms with Gasteiger partial charge in [0.15, 0.2) is 11.5 Å². The lowest BCUT2D eigenvalue weighted by Gasteiger charge is -2.37. The number of methoxy groups -OCH3 is 2. The molecule has 0 N–H and O–H groups in total. The van der Waals surface area contributed by atoms with Gasteiger partial charge in [-0.15, -0.1) is 0 Å². The summed E-state index contributed by atoms with van der Waals surface area (Å²) in [5, 5.41) is 0. The number of rotatable bonds is 3. The summed E-state index contributed by atoms with van der Waals surface area (Å²) in [5.41, 5.74) is 3.02. The Labute approximate surface area is 130 Å². The monoisotopic (exact) mass is 303 g/mol. The minimum Gasteiger partial charge on any atom is -0.493 e. The van der Waals surface area contributed by atoms with Crippen LogP contribution in [0.1, 0.15) is 24.1 Å². The molecule has 0 aromatic heterocycles. The first-order chi connectivity index (χ1) is 10.5. The van der Waals surface area contributed by atoms with E-state index in [1.807, 2.05) is 18.2 Å². The van der Waals surface area contributed by atoms with Crippen LogP contribution in [0.5, 0.6) is 11.5 Å². The fraction of sp³-hybridized carbons (Fsp3) is 0.471. The second kappa shape index (κ2) is 5.65. The van der Waals surface area contributed by atoms with Crippen molar-refractivity contribution in [3.05, 3.63) is 34.9 Å². The van der Waals surface area contributed by atoms with Gasteiger partial charge in [0, 0.05) is 12.1 Å². The Bertz CT molecular complexity index is 638. The molecule has 0 saturated heterocycles. The highest BCUT2D eigenvalue weighted by Gasteiger charge is 2.37. The van der Waals surface area contributed by atoms with Gasteiger partial charge in [-0.2, -0.15) is 0 Å². The first-order valence-corrected chi connectivity index (χ1v) is 7.39. The molecule has 0 amide bonds. The number of ether oxygens (including phenoxy) is 3. The van der Waals surface area contributed by atoms with Gasteiger partial charge in [0.2, 0.25) is 0 Å². The largest absolute Gasteiger partial charge is 0.493 e. The molecule has 0 spiro atoms. The second-order valence-electron chi connectivity index (χ2n) is 5.80. The van der Waals surface area contributed by atoms with Gasteiger partial charge in [0.05, 0.1) is 20.3 Å². The quantitative estimate of drug-likeness (QED) is 0.800. The summed E-state index contributed by atoms with van der Waals surface area (Å²) in [5.74, 6) is 1.21. The Morgan fingerprint density at radius 2 is 1.91 bits per heavy atom. The van der Waals surface area contributed by atoms with E-state index >= 15 is 0 Å². The van der Waals surface area contributed by atoms with E-state index in [0.717, 1.165) is 24.3 Å². The normalized spacial score (nSPS) is 24.5. The molecular weight excluding hydrogens is 282 g/mol. The van der Waals surface area contributed by atoms with Gasteiger partial charge >= 0.3 is 5.97 Å². The molecule has 0 fully saturated rings. The van der Waals surface area contributed by atoms with Gasteiger partial charge < -0.3 is 14.2 Å². The number of benzene rings is 1. The minimum absolute atomic E-state index is 0.00459. The number of cyclic esters (lactones) is 1. The Kier molecular flexibility index (Phi) is 3.83. The third-order valence-electron chi connectivity index (χ3n) is 4.46. The van der Waals surface area contributed by atoms with Crippen molar-refractivity contribution >= 4 is 5.97 Å². The lowest BCUT2D eigenvalue weighted by atomic mass is 9.89. The molecular formula is C17H21NO4. The topological polar surface area (TPSA) is 48.0 Å². The van der Waals surface area contributed by atoms with Gasteiger partial charge in [-0.05, 0) is 49.7 Å². The molecule has 22 heavy (non-hydrogen) atoms. The highest BCUT2D eigenvalue weighted by Crippen LogP contribution is 2.41. The van der Waals surface area contributed by atoms with E-state index in [4.69, 9.17) is 14.2 Å². The Hall–Kier alpha value is -2.01. The number of esters is 1. The van der Waals surface area contributed by atoms with Crippen LogP contribution in [0.3, 0.4) is 0 Å². The Morgan fingerprint density at radius 3 is 2.50 bits per heavy atom. The van der Waals surface area contributed by atoms with Crippen LogP contribution in [0.25, 0.3) is 0 Å². The SMILES string of the molecule is COc1cc2c(cc1OC)[C@H]([C@@H]1C=C(C)C(=O)O1)N(C)CC2. The van der Waals surface area contributed by atoms with E-state index in [1.54, 1.807) is 21.1 Å². The molecule has 2 atom stereocenters. The average Bonchev–Trinajstić information content (AvgIpc) is 2.84. The molecule has 118 valence electrons. The number of carbonyl (C=O) groups is 1. The van der Waals surface area contributed by atoms with Crippen LogP contribution in [0.2, 0.25) is 0 Å². The Morgan fingerprint density at radius 1 is 1.23 bits per heavy atom. The van der Waals surface area contributed by atoms with Crippen molar-refractivity contribution in [3.8, 4) is 11.5 Å². The molecule has 0 aliphatic carbocycles. The lowest BCUT2D eigenvalue weighted by Crippen LogP contribution is -2.39. The van der Waals surface area contributed by atoms with Crippen molar-refractivity contribution in [1.29, 1.82) is 0 Å². The number of hydrogen-bond acceptors (Lipinski definition) is 5. The molecule has 0 bridgehead atoms. The number of hydrogen-bond donors (Lipinski definition) is 0. The van der Waals surface area contributed by atoms with Gasteiger partial charge in [-0.1, -0.05) is 0 Å². The van der Waals surface area contributed by atoms with E-state index in [2.05, 4.69) is 11.9 Å². The van der Waals surface area contributed by atoms with Gasteiger partial charge in [0.25, 0.3) is 0 Å². The van der Waals surface area contributed by atoms with Gasteiger partial charge in [-0.3, -0.25) is 4.90 Å². The van der Waals surface area contributed by atoms with E-state index in [1.165, 1.54) is 5.56 Å². The van der Waals surface area contributed by atoms with Gasteiger partial charge in [-0.25, -0.2) is 4.79 Å². The van der Waals surface area contributed by atoms with Crippen molar-refractivity contribution in [1.82, 2.24) is 4.90 Å². The fourth-order valence-corrected chi connectivity index (χ4v) is 3.25. The van der Waals surface area contributed by atoms with Crippen LogP contribution in [0.4, 0.5) is 0 Å². The molecule has 1 aromatic rings. The van der Waals surface area contributed by atoms with E-state index < -0.39 is 0 Å². The summed E-state index contributed by atoms with van der Waals surface area (Å²) >= 11 is 0. The molecule has 2 aliphatic heterocycles. The standard InChI is InChI=1S/C17H21NO4/c1-10-7-15(22-17(10)19)16-12-9-14(21-4)13(20-3)8-11(12)5-6-18(16)2/h7-9,15-16H,5-6H2,1-4H3/t15-,16+/m0/s1. The first-order valence-electron chi connectivity index (χ1n) is 7.39. The van der Waals surface area contributed by atoms with Crippen molar-refractivity contribution < 1.29 is 19.0 Å². The predicted octanol–water partition coefficient (Wildman–Crippen LogP) is 2.10. The molecule has 2 heterocycles. The van der Waals surface area contributed by atoms with E-state index in [-0.39, 0.29) is 18.1 Å². The van der Waals surface area contributed by atoms with E-state index in [9.17, 15) is 4.79 Å². The summed E-state index contributed by atoms with van der Waals surface area (Å²) in [6.07, 6.45) is 2.59. The predicted molar refractivity (Wildman–Crippen MR) is 82.3 cm³/mol. The summed E-state index contributed by atoms with van der Waals surface area (Å²) in [6.45, 7) is 2.70. The maximum absolute atomic E-state index is 11.7. The fourth-order valence-electron chi connectivity index (χ4n) is 3.25. The van der Waals surface area contributed by atoms with Crippen LogP contribution in [-0.4, -0.2) is 44.8 Å². The first kappa shape index (κ1) is 14.9. The van der Waals surface area contributed by atoms with Crippen molar-refractivity contribution in [3.63, 3.8) is 0 Å². The lowest BCUT2D eigenvalue weighted by molar-refractivity contribution is -0.142. The molecule has 0 saturated carbocycles. The molecule has 3 rings (SSSR count). The van der Waals surface area contributed by atoms with Crippen molar-refractivity contribution in [2.75, 3.05) is 27.8 Å². The number of carbonyl (C=O) groups excluding carboxylic acids is 1. The molecule has 0 unspecified atom stereocenters. The zero-order chi connectivity index (χ0) is 15.9. The minimum atomic E-state index is -0.255. The summed E-state index contributed by atoms with van der Waals surface area (Å²) in [4.78, 5) is 13.9. The highest BCUT2D eigenvalue weighted by atomic mass is 16.5. The van der Waals surface area contributed by atoms with Crippen LogP contribution in [-0.2, 0) is 16.0 Å².